The number of nitrogens with zero attached hydrogens (tertiary/aromatic N) is 3. The van der Waals surface area contributed by atoms with Gasteiger partial charge in [0.05, 0.1) is 12.6 Å². The van der Waals surface area contributed by atoms with Crippen molar-refractivity contribution in [2.24, 2.45) is 0 Å². The SMILES string of the molecule is N#CC1CCCN1C(=O)CN1CCC(Nc2cccc3sccc23)C1. The summed E-state index contributed by atoms with van der Waals surface area (Å²) in [5, 5.41) is 16.2. The number of carbonyl (C=O) groups excluding carboxylic acids is 1. The van der Waals surface area contributed by atoms with E-state index in [9.17, 15) is 4.79 Å². The van der Waals surface area contributed by atoms with Gasteiger partial charge in [-0.3, -0.25) is 9.69 Å². The molecule has 1 N–H and O–H groups in total. The number of benzene rings is 1. The molecule has 2 aliphatic rings. The van der Waals surface area contributed by atoms with Crippen molar-refractivity contribution in [1.82, 2.24) is 9.80 Å². The van der Waals surface area contributed by atoms with E-state index in [1.54, 1.807) is 16.2 Å². The van der Waals surface area contributed by atoms with Crippen LogP contribution in [0.1, 0.15) is 19.3 Å². The summed E-state index contributed by atoms with van der Waals surface area (Å²) in [4.78, 5) is 16.5. The Bertz CT molecular complexity index is 811. The molecule has 3 heterocycles. The Morgan fingerprint density at radius 3 is 3.12 bits per heavy atom. The molecule has 130 valence electrons. The van der Waals surface area contributed by atoms with Gasteiger partial charge in [0.15, 0.2) is 0 Å². The standard InChI is InChI=1S/C19H22N4OS/c20-11-15-3-2-8-23(15)19(24)13-22-9-6-14(12-22)21-17-4-1-5-18-16(17)7-10-25-18/h1,4-5,7,10,14-15,21H,2-3,6,8-9,12-13H2. The summed E-state index contributed by atoms with van der Waals surface area (Å²) in [6, 6.07) is 10.9. The zero-order chi connectivity index (χ0) is 17.2. The summed E-state index contributed by atoms with van der Waals surface area (Å²) in [7, 11) is 0. The normalized spacial score (nSPS) is 23.9. The molecule has 0 aliphatic carbocycles. The molecular formula is C19H22N4OS. The molecule has 2 atom stereocenters. The average molecular weight is 354 g/mol. The third-order valence-corrected chi connectivity index (χ3v) is 6.09. The van der Waals surface area contributed by atoms with Gasteiger partial charge in [-0.15, -0.1) is 11.3 Å². The van der Waals surface area contributed by atoms with Crippen LogP contribution in [0.4, 0.5) is 5.69 Å². The molecular weight excluding hydrogens is 332 g/mol. The van der Waals surface area contributed by atoms with Crippen molar-refractivity contribution in [1.29, 1.82) is 5.26 Å². The Hall–Kier alpha value is -2.10. The molecule has 2 unspecified atom stereocenters. The number of anilines is 1. The minimum atomic E-state index is -0.222. The molecule has 1 aromatic carbocycles. The summed E-state index contributed by atoms with van der Waals surface area (Å²) in [6.45, 7) is 2.96. The van der Waals surface area contributed by atoms with E-state index >= 15 is 0 Å². The molecule has 2 aliphatic heterocycles. The molecule has 4 rings (SSSR count). The Morgan fingerprint density at radius 1 is 1.32 bits per heavy atom. The number of amides is 1. The second-order valence-corrected chi connectivity index (χ2v) is 7.82. The van der Waals surface area contributed by atoms with E-state index < -0.39 is 0 Å². The first-order valence-corrected chi connectivity index (χ1v) is 9.77. The van der Waals surface area contributed by atoms with Crippen molar-refractivity contribution in [3.8, 4) is 6.07 Å². The van der Waals surface area contributed by atoms with Crippen LogP contribution in [-0.4, -0.2) is 54.0 Å². The highest BCUT2D eigenvalue weighted by Gasteiger charge is 2.31. The number of nitriles is 1. The van der Waals surface area contributed by atoms with Gasteiger partial charge in [0.2, 0.25) is 5.91 Å². The molecule has 1 aromatic heterocycles. The summed E-state index contributed by atoms with van der Waals surface area (Å²) < 4.78 is 1.30. The van der Waals surface area contributed by atoms with Gasteiger partial charge in [-0.2, -0.15) is 5.26 Å². The molecule has 0 spiro atoms. The molecule has 0 bridgehead atoms. The number of thiophene rings is 1. The lowest BCUT2D eigenvalue weighted by molar-refractivity contribution is -0.132. The van der Waals surface area contributed by atoms with E-state index in [2.05, 4.69) is 45.9 Å². The van der Waals surface area contributed by atoms with Crippen molar-refractivity contribution in [3.63, 3.8) is 0 Å². The Balaban J connectivity index is 1.35. The fraction of sp³-hybridized carbons (Fsp3) is 0.474. The highest BCUT2D eigenvalue weighted by molar-refractivity contribution is 7.17. The lowest BCUT2D eigenvalue weighted by Gasteiger charge is -2.23. The lowest BCUT2D eigenvalue weighted by atomic mass is 10.2. The number of carbonyl (C=O) groups is 1. The first kappa shape index (κ1) is 16.4. The van der Waals surface area contributed by atoms with Gasteiger partial charge in [0.25, 0.3) is 0 Å². The summed E-state index contributed by atoms with van der Waals surface area (Å²) >= 11 is 1.76. The molecule has 5 nitrogen and oxygen atoms in total. The van der Waals surface area contributed by atoms with Crippen LogP contribution < -0.4 is 5.32 Å². The molecule has 6 heteroatoms. The Kier molecular flexibility index (Phi) is 4.60. The predicted octanol–water partition coefficient (Wildman–Crippen LogP) is 2.90. The van der Waals surface area contributed by atoms with E-state index in [-0.39, 0.29) is 11.9 Å². The number of likely N-dealkylation sites (tertiary alicyclic amines) is 2. The minimum absolute atomic E-state index is 0.102. The molecule has 0 saturated carbocycles. The van der Waals surface area contributed by atoms with Crippen molar-refractivity contribution in [2.75, 3.05) is 31.5 Å². The van der Waals surface area contributed by atoms with Gasteiger partial charge in [0.1, 0.15) is 6.04 Å². The van der Waals surface area contributed by atoms with Gasteiger partial charge in [-0.05, 0) is 42.8 Å². The number of fused-ring (bicyclic) bond motifs is 1. The third kappa shape index (κ3) is 3.35. The zero-order valence-electron chi connectivity index (χ0n) is 14.1. The van der Waals surface area contributed by atoms with Crippen LogP contribution in [0.15, 0.2) is 29.6 Å². The quantitative estimate of drug-likeness (QED) is 0.917. The van der Waals surface area contributed by atoms with Crippen molar-refractivity contribution in [3.05, 3.63) is 29.6 Å². The summed E-state index contributed by atoms with van der Waals surface area (Å²) in [5.74, 6) is 0.102. The van der Waals surface area contributed by atoms with Crippen LogP contribution in [0.25, 0.3) is 10.1 Å². The minimum Gasteiger partial charge on any atom is -0.380 e. The van der Waals surface area contributed by atoms with E-state index in [0.29, 0.717) is 12.6 Å². The first-order valence-electron chi connectivity index (χ1n) is 8.89. The average Bonchev–Trinajstić information content (AvgIpc) is 3.35. The molecule has 25 heavy (non-hydrogen) atoms. The fourth-order valence-corrected chi connectivity index (χ4v) is 4.73. The fourth-order valence-electron chi connectivity index (χ4n) is 3.92. The third-order valence-electron chi connectivity index (χ3n) is 5.21. The molecule has 2 fully saturated rings. The zero-order valence-corrected chi connectivity index (χ0v) is 15.0. The van der Waals surface area contributed by atoms with Crippen LogP contribution in [0.3, 0.4) is 0 Å². The van der Waals surface area contributed by atoms with Crippen LogP contribution in [0.5, 0.6) is 0 Å². The number of hydrogen-bond acceptors (Lipinski definition) is 5. The Labute approximate surface area is 151 Å². The summed E-state index contributed by atoms with van der Waals surface area (Å²) in [5.41, 5.74) is 1.18. The van der Waals surface area contributed by atoms with Gasteiger partial charge in [-0.1, -0.05) is 6.07 Å². The van der Waals surface area contributed by atoms with Gasteiger partial charge in [-0.25, -0.2) is 0 Å². The molecule has 2 saturated heterocycles. The monoisotopic (exact) mass is 354 g/mol. The van der Waals surface area contributed by atoms with Crippen molar-refractivity contribution < 1.29 is 4.79 Å². The maximum atomic E-state index is 12.5. The van der Waals surface area contributed by atoms with Gasteiger partial charge >= 0.3 is 0 Å². The highest BCUT2D eigenvalue weighted by Crippen LogP contribution is 2.29. The predicted molar refractivity (Wildman–Crippen MR) is 101 cm³/mol. The number of rotatable bonds is 4. The number of nitrogens with one attached hydrogen (secondary N) is 1. The smallest absolute Gasteiger partial charge is 0.237 e. The van der Waals surface area contributed by atoms with Crippen LogP contribution in [0.2, 0.25) is 0 Å². The Morgan fingerprint density at radius 2 is 2.24 bits per heavy atom. The van der Waals surface area contributed by atoms with Crippen LogP contribution in [-0.2, 0) is 4.79 Å². The largest absolute Gasteiger partial charge is 0.380 e. The topological polar surface area (TPSA) is 59.4 Å². The maximum absolute atomic E-state index is 12.5. The summed E-state index contributed by atoms with van der Waals surface area (Å²) in [6.07, 6.45) is 2.80. The number of hydrogen-bond donors (Lipinski definition) is 1. The van der Waals surface area contributed by atoms with Crippen LogP contribution in [0, 0.1) is 11.3 Å². The lowest BCUT2D eigenvalue weighted by Crippen LogP contribution is -2.42. The molecule has 2 aromatic rings. The second-order valence-electron chi connectivity index (χ2n) is 6.88. The highest BCUT2D eigenvalue weighted by atomic mass is 32.1. The van der Waals surface area contributed by atoms with Gasteiger partial charge in [0, 0.05) is 41.4 Å². The maximum Gasteiger partial charge on any atom is 0.237 e. The van der Waals surface area contributed by atoms with E-state index in [4.69, 9.17) is 5.26 Å². The van der Waals surface area contributed by atoms with E-state index in [1.165, 1.54) is 15.8 Å². The van der Waals surface area contributed by atoms with Crippen molar-refractivity contribution >= 4 is 33.0 Å². The second kappa shape index (κ2) is 7.03. The van der Waals surface area contributed by atoms with E-state index in [0.717, 1.165) is 38.9 Å². The molecule has 1 amide bonds. The van der Waals surface area contributed by atoms with E-state index in [1.807, 2.05) is 0 Å². The molecule has 0 radical (unpaired) electrons. The van der Waals surface area contributed by atoms with Crippen LogP contribution >= 0.6 is 11.3 Å². The van der Waals surface area contributed by atoms with Gasteiger partial charge < -0.3 is 10.2 Å². The first-order chi connectivity index (χ1) is 12.2. The van der Waals surface area contributed by atoms with Crippen molar-refractivity contribution in [2.45, 2.75) is 31.3 Å².